The lowest BCUT2D eigenvalue weighted by Crippen LogP contribution is -1.83. The zero-order valence-electron chi connectivity index (χ0n) is 7.12. The summed E-state index contributed by atoms with van der Waals surface area (Å²) in [5, 5.41) is 9.17. The molecule has 1 rings (SSSR count). The van der Waals surface area contributed by atoms with Gasteiger partial charge in [0.2, 0.25) is 0 Å². The van der Waals surface area contributed by atoms with Gasteiger partial charge in [-0.15, -0.1) is 0 Å². The normalized spacial score (nSPS) is 10.6. The highest BCUT2D eigenvalue weighted by molar-refractivity contribution is 5.91. The molecule has 1 aromatic rings. The number of hydrogen-bond acceptors (Lipinski definition) is 2. The molecule has 0 amide bonds. The fraction of sp³-hybridized carbons (Fsp3) is 0.100. The topological polar surface area (TPSA) is 37.3 Å². The summed E-state index contributed by atoms with van der Waals surface area (Å²) in [6, 6.07) is 4.15. The Balaban J connectivity index is 3.02. The largest absolute Gasteiger partial charge is 0.504 e. The van der Waals surface area contributed by atoms with Crippen LogP contribution in [0.25, 0.3) is 6.08 Å². The van der Waals surface area contributed by atoms with Crippen molar-refractivity contribution in [1.82, 2.24) is 0 Å². The summed E-state index contributed by atoms with van der Waals surface area (Å²) in [5.74, 6) is -1.27. The highest BCUT2D eigenvalue weighted by Crippen LogP contribution is 2.21. The van der Waals surface area contributed by atoms with Crippen molar-refractivity contribution in [1.29, 1.82) is 0 Å². The molecule has 0 saturated heterocycles. The van der Waals surface area contributed by atoms with Crippen molar-refractivity contribution in [3.63, 3.8) is 0 Å². The molecular weight excluding hydrogens is 171 g/mol. The van der Waals surface area contributed by atoms with Gasteiger partial charge in [-0.25, -0.2) is 4.39 Å². The molecule has 13 heavy (non-hydrogen) atoms. The molecule has 0 heterocycles. The fourth-order valence-corrected chi connectivity index (χ4v) is 0.874. The number of benzene rings is 1. The molecule has 0 atom stereocenters. The van der Waals surface area contributed by atoms with E-state index in [-0.39, 0.29) is 5.78 Å². The van der Waals surface area contributed by atoms with Crippen LogP contribution in [-0.4, -0.2) is 10.9 Å². The minimum Gasteiger partial charge on any atom is -0.504 e. The van der Waals surface area contributed by atoms with E-state index in [1.807, 2.05) is 0 Å². The Morgan fingerprint density at radius 2 is 2.23 bits per heavy atom. The van der Waals surface area contributed by atoms with Crippen LogP contribution in [0.2, 0.25) is 0 Å². The number of ketones is 1. The van der Waals surface area contributed by atoms with Crippen molar-refractivity contribution in [2.24, 2.45) is 0 Å². The molecule has 0 aliphatic rings. The van der Waals surface area contributed by atoms with Crippen molar-refractivity contribution in [2.75, 3.05) is 0 Å². The van der Waals surface area contributed by atoms with Crippen LogP contribution < -0.4 is 0 Å². The third kappa shape index (κ3) is 2.40. The minimum atomic E-state index is -0.689. The second kappa shape index (κ2) is 3.85. The number of phenolic OH excluding ortho intramolecular Hbond substituents is 1. The summed E-state index contributed by atoms with van der Waals surface area (Å²) in [4.78, 5) is 10.6. The highest BCUT2D eigenvalue weighted by Gasteiger charge is 2.02. The molecule has 0 fully saturated rings. The van der Waals surface area contributed by atoms with Gasteiger partial charge in [-0.05, 0) is 25.1 Å². The Hall–Kier alpha value is -1.64. The Morgan fingerprint density at radius 3 is 2.85 bits per heavy atom. The van der Waals surface area contributed by atoms with Crippen LogP contribution in [0, 0.1) is 5.82 Å². The van der Waals surface area contributed by atoms with E-state index in [0.717, 1.165) is 6.07 Å². The van der Waals surface area contributed by atoms with Gasteiger partial charge in [0.15, 0.2) is 17.3 Å². The Labute approximate surface area is 75.3 Å². The number of phenols is 1. The number of allylic oxidation sites excluding steroid dienone is 1. The van der Waals surface area contributed by atoms with E-state index in [1.54, 1.807) is 0 Å². The summed E-state index contributed by atoms with van der Waals surface area (Å²) >= 11 is 0. The second-order valence-electron chi connectivity index (χ2n) is 2.62. The van der Waals surface area contributed by atoms with Crippen molar-refractivity contribution in [3.05, 3.63) is 35.7 Å². The molecule has 3 heteroatoms. The van der Waals surface area contributed by atoms with Gasteiger partial charge in [0.05, 0.1) is 0 Å². The molecule has 0 aliphatic carbocycles. The van der Waals surface area contributed by atoms with E-state index in [0.29, 0.717) is 5.56 Å². The molecule has 0 aromatic heterocycles. The first-order valence-corrected chi connectivity index (χ1v) is 3.77. The quantitative estimate of drug-likeness (QED) is 0.708. The van der Waals surface area contributed by atoms with Gasteiger partial charge in [0.1, 0.15) is 0 Å². The maximum absolute atomic E-state index is 12.7. The predicted octanol–water partition coefficient (Wildman–Crippen LogP) is 2.13. The van der Waals surface area contributed by atoms with Gasteiger partial charge in [0.25, 0.3) is 0 Å². The fourth-order valence-electron chi connectivity index (χ4n) is 0.874. The molecule has 2 nitrogen and oxygen atoms in total. The standard InChI is InChI=1S/C10H9FO2/c1-7(12)5-6-8-3-2-4-9(11)10(8)13/h2-6,13H,1H3/b6-5+. The Bertz CT molecular complexity index is 356. The van der Waals surface area contributed by atoms with E-state index < -0.39 is 11.6 Å². The molecule has 0 radical (unpaired) electrons. The monoisotopic (exact) mass is 180 g/mol. The molecule has 0 saturated carbocycles. The number of carbonyl (C=O) groups excluding carboxylic acids is 1. The first-order chi connectivity index (χ1) is 6.11. The molecular formula is C10H9FO2. The number of halogens is 1. The summed E-state index contributed by atoms with van der Waals surface area (Å²) < 4.78 is 12.7. The van der Waals surface area contributed by atoms with Crippen molar-refractivity contribution in [2.45, 2.75) is 6.92 Å². The number of para-hydroxylation sites is 1. The average Bonchev–Trinajstić information content (AvgIpc) is 2.07. The molecule has 0 aliphatic heterocycles. The van der Waals surface area contributed by atoms with Gasteiger partial charge in [-0.2, -0.15) is 0 Å². The first-order valence-electron chi connectivity index (χ1n) is 3.77. The molecule has 1 aromatic carbocycles. The maximum Gasteiger partial charge on any atom is 0.165 e. The lowest BCUT2D eigenvalue weighted by molar-refractivity contribution is -0.112. The Morgan fingerprint density at radius 1 is 1.54 bits per heavy atom. The van der Waals surface area contributed by atoms with Crippen molar-refractivity contribution in [3.8, 4) is 5.75 Å². The van der Waals surface area contributed by atoms with Gasteiger partial charge in [-0.3, -0.25) is 4.79 Å². The summed E-state index contributed by atoms with van der Waals surface area (Å²) in [5.41, 5.74) is 0.301. The second-order valence-corrected chi connectivity index (χ2v) is 2.62. The number of carbonyl (C=O) groups is 1. The lowest BCUT2D eigenvalue weighted by Gasteiger charge is -1.98. The van der Waals surface area contributed by atoms with Crippen LogP contribution in [0.15, 0.2) is 24.3 Å². The van der Waals surface area contributed by atoms with Crippen LogP contribution in [0.4, 0.5) is 4.39 Å². The maximum atomic E-state index is 12.7. The van der Waals surface area contributed by atoms with E-state index in [4.69, 9.17) is 0 Å². The molecule has 0 spiro atoms. The van der Waals surface area contributed by atoms with E-state index in [2.05, 4.69) is 0 Å². The summed E-state index contributed by atoms with van der Waals surface area (Å²) in [6.45, 7) is 1.38. The lowest BCUT2D eigenvalue weighted by atomic mass is 10.1. The van der Waals surface area contributed by atoms with Crippen LogP contribution >= 0.6 is 0 Å². The van der Waals surface area contributed by atoms with Crippen molar-refractivity contribution < 1.29 is 14.3 Å². The first kappa shape index (κ1) is 9.45. The van der Waals surface area contributed by atoms with Crippen molar-refractivity contribution >= 4 is 11.9 Å². The minimum absolute atomic E-state index is 0.149. The average molecular weight is 180 g/mol. The number of rotatable bonds is 2. The van der Waals surface area contributed by atoms with Gasteiger partial charge < -0.3 is 5.11 Å². The number of hydrogen-bond donors (Lipinski definition) is 1. The smallest absolute Gasteiger partial charge is 0.165 e. The molecule has 68 valence electrons. The Kier molecular flexibility index (Phi) is 2.80. The third-order valence-corrected chi connectivity index (χ3v) is 1.52. The van der Waals surface area contributed by atoms with Gasteiger partial charge in [-0.1, -0.05) is 12.1 Å². The SMILES string of the molecule is CC(=O)/C=C/c1cccc(F)c1O. The molecule has 0 bridgehead atoms. The third-order valence-electron chi connectivity index (χ3n) is 1.52. The zero-order valence-corrected chi connectivity index (χ0v) is 7.12. The molecule has 1 N–H and O–H groups in total. The zero-order chi connectivity index (χ0) is 9.84. The van der Waals surface area contributed by atoms with Crippen LogP contribution in [0.5, 0.6) is 5.75 Å². The number of aromatic hydroxyl groups is 1. The van der Waals surface area contributed by atoms with E-state index in [9.17, 15) is 14.3 Å². The van der Waals surface area contributed by atoms with Gasteiger partial charge >= 0.3 is 0 Å². The van der Waals surface area contributed by atoms with Crippen LogP contribution in [0.1, 0.15) is 12.5 Å². The van der Waals surface area contributed by atoms with Gasteiger partial charge in [0, 0.05) is 5.56 Å². The van der Waals surface area contributed by atoms with Crippen LogP contribution in [-0.2, 0) is 4.79 Å². The highest BCUT2D eigenvalue weighted by atomic mass is 19.1. The molecule has 0 unspecified atom stereocenters. The van der Waals surface area contributed by atoms with Crippen LogP contribution in [0.3, 0.4) is 0 Å². The van der Waals surface area contributed by atoms with E-state index >= 15 is 0 Å². The summed E-state index contributed by atoms with van der Waals surface area (Å²) in [7, 11) is 0. The van der Waals surface area contributed by atoms with E-state index in [1.165, 1.54) is 31.2 Å². The predicted molar refractivity (Wildman–Crippen MR) is 47.8 cm³/mol. The summed E-state index contributed by atoms with van der Waals surface area (Å²) in [6.07, 6.45) is 2.65.